The third-order valence-electron chi connectivity index (χ3n) is 11.2. The molecule has 0 fully saturated rings. The minimum Gasteiger partial charge on any atom is -0.456 e. The summed E-state index contributed by atoms with van der Waals surface area (Å²) in [6, 6.07) is 54.3. The van der Waals surface area contributed by atoms with E-state index in [-0.39, 0.29) is 0 Å². The fourth-order valence-corrected chi connectivity index (χ4v) is 8.83. The van der Waals surface area contributed by atoms with E-state index in [0.29, 0.717) is 0 Å². The zero-order valence-electron chi connectivity index (χ0n) is 27.1. The van der Waals surface area contributed by atoms with E-state index >= 15 is 0 Å². The first-order chi connectivity index (χ1) is 24.3. The van der Waals surface area contributed by atoms with Crippen LogP contribution in [0.25, 0.3) is 86.6 Å². The Labute approximate surface area is 283 Å². The molecule has 0 atom stereocenters. The van der Waals surface area contributed by atoms with E-state index in [2.05, 4.69) is 146 Å². The zero-order valence-corrected chi connectivity index (χ0v) is 27.1. The van der Waals surface area contributed by atoms with Crippen molar-refractivity contribution in [3.63, 3.8) is 0 Å². The Balaban J connectivity index is 0.910. The number of aryl methyl sites for hydroxylation is 4. The van der Waals surface area contributed by atoms with Gasteiger partial charge < -0.3 is 4.42 Å². The van der Waals surface area contributed by atoms with Crippen molar-refractivity contribution in [3.05, 3.63) is 168 Å². The molecule has 1 aromatic heterocycles. The van der Waals surface area contributed by atoms with Crippen molar-refractivity contribution < 1.29 is 4.42 Å². The van der Waals surface area contributed by atoms with Crippen LogP contribution in [-0.2, 0) is 25.7 Å². The Kier molecular flexibility index (Phi) is 5.68. The van der Waals surface area contributed by atoms with Crippen LogP contribution in [0.15, 0.2) is 150 Å². The maximum atomic E-state index is 6.69. The molecule has 0 aliphatic heterocycles. The van der Waals surface area contributed by atoms with Crippen LogP contribution in [0.3, 0.4) is 0 Å². The Morgan fingerprint density at radius 2 is 0.796 bits per heavy atom. The number of benzene rings is 10. The number of furan rings is 1. The first-order valence-electron chi connectivity index (χ1n) is 17.5. The van der Waals surface area contributed by atoms with Gasteiger partial charge in [0.2, 0.25) is 0 Å². The van der Waals surface area contributed by atoms with Gasteiger partial charge >= 0.3 is 0 Å². The summed E-state index contributed by atoms with van der Waals surface area (Å²) < 4.78 is 6.69. The molecule has 0 unspecified atom stereocenters. The molecule has 11 rings (SSSR count). The molecular formula is C48H32O. The first kappa shape index (κ1) is 27.1. The Bertz CT molecular complexity index is 3020. The summed E-state index contributed by atoms with van der Waals surface area (Å²) in [4.78, 5) is 0. The maximum absolute atomic E-state index is 6.69. The van der Waals surface area contributed by atoms with Crippen molar-refractivity contribution in [2.75, 3.05) is 0 Å². The quantitative estimate of drug-likeness (QED) is 0.168. The highest BCUT2D eigenvalue weighted by Gasteiger charge is 2.15. The fraction of sp³-hybridized carbons (Fsp3) is 0.0833. The van der Waals surface area contributed by atoms with Crippen molar-refractivity contribution in [3.8, 4) is 0 Å². The van der Waals surface area contributed by atoms with Gasteiger partial charge in [0.25, 0.3) is 0 Å². The second-order valence-corrected chi connectivity index (χ2v) is 13.9. The van der Waals surface area contributed by atoms with Gasteiger partial charge in [-0.15, -0.1) is 0 Å². The van der Waals surface area contributed by atoms with Crippen LogP contribution < -0.4 is 0 Å². The van der Waals surface area contributed by atoms with Crippen molar-refractivity contribution >= 4 is 86.6 Å². The van der Waals surface area contributed by atoms with Gasteiger partial charge in [-0.2, -0.15) is 0 Å². The maximum Gasteiger partial charge on any atom is 0.138 e. The van der Waals surface area contributed by atoms with Crippen LogP contribution in [0.2, 0.25) is 0 Å². The molecule has 11 aromatic rings. The number of hydrogen-bond acceptors (Lipinski definition) is 1. The van der Waals surface area contributed by atoms with Crippen LogP contribution >= 0.6 is 0 Å². The van der Waals surface area contributed by atoms with Crippen LogP contribution in [0.1, 0.15) is 22.3 Å². The molecule has 1 nitrogen and oxygen atoms in total. The van der Waals surface area contributed by atoms with Gasteiger partial charge in [0.15, 0.2) is 0 Å². The monoisotopic (exact) mass is 624 g/mol. The molecule has 1 heterocycles. The normalized spacial score (nSPS) is 12.4. The summed E-state index contributed by atoms with van der Waals surface area (Å²) in [5, 5.41) is 18.6. The lowest BCUT2D eigenvalue weighted by molar-refractivity contribution is 0.661. The predicted molar refractivity (Wildman–Crippen MR) is 209 cm³/mol. The number of para-hydroxylation sites is 1. The van der Waals surface area contributed by atoms with Crippen LogP contribution in [0.5, 0.6) is 0 Å². The largest absolute Gasteiger partial charge is 0.456 e. The number of rotatable bonds is 6. The topological polar surface area (TPSA) is 13.1 Å². The highest BCUT2D eigenvalue weighted by molar-refractivity contribution is 6.24. The van der Waals surface area contributed by atoms with Crippen molar-refractivity contribution in [1.82, 2.24) is 0 Å². The molecule has 49 heavy (non-hydrogen) atoms. The van der Waals surface area contributed by atoms with Crippen LogP contribution in [0, 0.1) is 0 Å². The van der Waals surface area contributed by atoms with E-state index in [9.17, 15) is 0 Å². The Hall–Kier alpha value is -5.92. The van der Waals surface area contributed by atoms with Gasteiger partial charge in [0, 0.05) is 10.8 Å². The Morgan fingerprint density at radius 3 is 1.41 bits per heavy atom. The molecule has 0 amide bonds. The second kappa shape index (κ2) is 10.3. The molecule has 0 N–H and O–H groups in total. The molecule has 0 spiro atoms. The molecule has 0 saturated heterocycles. The minimum atomic E-state index is 0.933. The lowest BCUT2D eigenvalue weighted by Gasteiger charge is -2.14. The molecule has 10 aromatic carbocycles. The summed E-state index contributed by atoms with van der Waals surface area (Å²) in [7, 11) is 0. The van der Waals surface area contributed by atoms with E-state index in [1.807, 2.05) is 0 Å². The molecular weight excluding hydrogens is 593 g/mol. The lowest BCUT2D eigenvalue weighted by atomic mass is 9.90. The molecule has 0 bridgehead atoms. The average Bonchev–Trinajstić information content (AvgIpc) is 3.53. The second-order valence-electron chi connectivity index (χ2n) is 13.9. The van der Waals surface area contributed by atoms with Crippen LogP contribution in [0.4, 0.5) is 0 Å². The highest BCUT2D eigenvalue weighted by Crippen LogP contribution is 2.39. The van der Waals surface area contributed by atoms with Crippen molar-refractivity contribution in [2.45, 2.75) is 25.7 Å². The molecule has 0 radical (unpaired) electrons. The predicted octanol–water partition coefficient (Wildman–Crippen LogP) is 13.0. The highest BCUT2D eigenvalue weighted by atomic mass is 16.3. The Morgan fingerprint density at radius 1 is 0.327 bits per heavy atom. The van der Waals surface area contributed by atoms with Gasteiger partial charge in [-0.05, 0) is 119 Å². The standard InChI is InChI=1S/C48H32O/c1-4-32-18-20-36-16-13-30(39-26-23-34(6-1)44(32)46(36)39)12-10-29-11-25-41-42-9-3-8-38(48(42)49-43(41)28-29)22-15-31-14-17-37-21-19-33-5-2-7-35-24-27-40(31)47(37)45(33)35/h1-9,11,13-14,16-21,23-28H,10,12,15,22H2. The van der Waals surface area contributed by atoms with E-state index in [4.69, 9.17) is 4.42 Å². The summed E-state index contributed by atoms with van der Waals surface area (Å²) in [6.45, 7) is 0. The van der Waals surface area contributed by atoms with Gasteiger partial charge in [0.1, 0.15) is 11.2 Å². The van der Waals surface area contributed by atoms with E-state index in [1.54, 1.807) is 0 Å². The molecule has 0 aliphatic carbocycles. The van der Waals surface area contributed by atoms with Gasteiger partial charge in [-0.3, -0.25) is 0 Å². The molecule has 1 heteroatoms. The van der Waals surface area contributed by atoms with Crippen molar-refractivity contribution in [2.24, 2.45) is 0 Å². The average molecular weight is 625 g/mol. The molecule has 0 aliphatic rings. The van der Waals surface area contributed by atoms with E-state index in [1.165, 1.54) is 97.7 Å². The van der Waals surface area contributed by atoms with E-state index < -0.39 is 0 Å². The zero-order chi connectivity index (χ0) is 32.1. The molecule has 0 saturated carbocycles. The van der Waals surface area contributed by atoms with Crippen molar-refractivity contribution in [1.29, 1.82) is 0 Å². The SMILES string of the molecule is c1cc2ccc3ccc(CCc4ccc5c(c4)oc4c(CCc6ccc7ccc8cccc9ccc6c7c89)cccc45)c4ccc(c1)c2c34. The first-order valence-corrected chi connectivity index (χ1v) is 17.5. The molecule has 230 valence electrons. The van der Waals surface area contributed by atoms with Gasteiger partial charge in [-0.25, -0.2) is 0 Å². The third kappa shape index (κ3) is 4.06. The van der Waals surface area contributed by atoms with E-state index in [0.717, 1.165) is 36.8 Å². The lowest BCUT2D eigenvalue weighted by Crippen LogP contribution is -1.94. The number of fused-ring (bicyclic) bond motifs is 3. The fourth-order valence-electron chi connectivity index (χ4n) is 8.83. The van der Waals surface area contributed by atoms with Gasteiger partial charge in [-0.1, -0.05) is 140 Å². The van der Waals surface area contributed by atoms with Gasteiger partial charge in [0.05, 0.1) is 0 Å². The summed E-state index contributed by atoms with van der Waals surface area (Å²) in [6.07, 6.45) is 3.86. The third-order valence-corrected chi connectivity index (χ3v) is 11.2. The minimum absolute atomic E-state index is 0.933. The summed E-state index contributed by atoms with van der Waals surface area (Å²) >= 11 is 0. The summed E-state index contributed by atoms with van der Waals surface area (Å²) in [5.41, 5.74) is 7.40. The smallest absolute Gasteiger partial charge is 0.138 e. The number of hydrogen-bond donors (Lipinski definition) is 0. The van der Waals surface area contributed by atoms with Crippen LogP contribution in [-0.4, -0.2) is 0 Å². The summed E-state index contributed by atoms with van der Waals surface area (Å²) in [5.74, 6) is 0.